The molecule has 2 atom stereocenters. The molecule has 2 aliphatic rings. The molecular weight excluding hydrogens is 324 g/mol. The van der Waals surface area contributed by atoms with E-state index in [1.165, 1.54) is 5.01 Å². The molecule has 1 N–H and O–H groups in total. The van der Waals surface area contributed by atoms with Crippen LogP contribution in [0.2, 0.25) is 0 Å². The highest BCUT2D eigenvalue weighted by atomic mass is 16.2. The lowest BCUT2D eigenvalue weighted by Crippen LogP contribution is -2.42. The molecule has 4 heteroatoms. The Balaban J connectivity index is 1.69. The molecule has 4 rings (SSSR count). The summed E-state index contributed by atoms with van der Waals surface area (Å²) in [6.07, 6.45) is 9.65. The van der Waals surface area contributed by atoms with E-state index in [9.17, 15) is 9.59 Å². The third kappa shape index (κ3) is 2.86. The molecule has 2 aromatic carbocycles. The number of benzene rings is 2. The van der Waals surface area contributed by atoms with Crippen LogP contribution in [0.25, 0.3) is 0 Å². The van der Waals surface area contributed by atoms with E-state index in [0.717, 1.165) is 11.3 Å². The van der Waals surface area contributed by atoms with Crippen LogP contribution in [-0.4, -0.2) is 16.8 Å². The van der Waals surface area contributed by atoms with Crippen molar-refractivity contribution in [1.82, 2.24) is 10.4 Å². The molecule has 0 aromatic heterocycles. The first kappa shape index (κ1) is 16.1. The van der Waals surface area contributed by atoms with Crippen molar-refractivity contribution in [2.45, 2.75) is 5.92 Å². The lowest BCUT2D eigenvalue weighted by Gasteiger charge is -2.20. The summed E-state index contributed by atoms with van der Waals surface area (Å²) in [7, 11) is 0. The maximum Gasteiger partial charge on any atom is 0.270 e. The molecule has 2 amide bonds. The molecule has 0 saturated carbocycles. The van der Waals surface area contributed by atoms with Crippen LogP contribution in [0.1, 0.15) is 21.8 Å². The van der Waals surface area contributed by atoms with Crippen LogP contribution in [0.15, 0.2) is 96.7 Å². The van der Waals surface area contributed by atoms with Crippen molar-refractivity contribution in [3.63, 3.8) is 0 Å². The summed E-state index contributed by atoms with van der Waals surface area (Å²) in [6.45, 7) is 0. The molecule has 1 aliphatic heterocycles. The van der Waals surface area contributed by atoms with Gasteiger partial charge in [-0.3, -0.25) is 15.0 Å². The van der Waals surface area contributed by atoms with Gasteiger partial charge in [0.15, 0.2) is 0 Å². The molecule has 0 radical (unpaired) electrons. The van der Waals surface area contributed by atoms with E-state index in [-0.39, 0.29) is 23.7 Å². The first-order valence-corrected chi connectivity index (χ1v) is 8.56. The molecule has 4 nitrogen and oxygen atoms in total. The van der Waals surface area contributed by atoms with Gasteiger partial charge in [0.1, 0.15) is 0 Å². The number of hydrogen-bond donors (Lipinski definition) is 1. The molecule has 0 unspecified atom stereocenters. The smallest absolute Gasteiger partial charge is 0.270 e. The number of allylic oxidation sites excluding steroid dienone is 5. The molecule has 0 spiro atoms. The summed E-state index contributed by atoms with van der Waals surface area (Å²) in [5, 5.41) is 1.40. The fourth-order valence-electron chi connectivity index (χ4n) is 3.42. The highest BCUT2D eigenvalue weighted by Gasteiger charge is 2.45. The van der Waals surface area contributed by atoms with Crippen LogP contribution in [0.4, 0.5) is 0 Å². The first-order valence-electron chi connectivity index (χ1n) is 8.56. The molecule has 1 aliphatic carbocycles. The number of carbonyl (C=O) groups excluding carboxylic acids is 2. The summed E-state index contributed by atoms with van der Waals surface area (Å²) >= 11 is 0. The molecular formula is C22H18N2O2. The van der Waals surface area contributed by atoms with Crippen molar-refractivity contribution in [1.29, 1.82) is 0 Å². The van der Waals surface area contributed by atoms with Gasteiger partial charge in [0.2, 0.25) is 0 Å². The van der Waals surface area contributed by atoms with Crippen molar-refractivity contribution < 1.29 is 9.59 Å². The largest absolute Gasteiger partial charge is 0.272 e. The Kier molecular flexibility index (Phi) is 4.23. The summed E-state index contributed by atoms with van der Waals surface area (Å²) in [6, 6.07) is 18.6. The highest BCUT2D eigenvalue weighted by molar-refractivity contribution is 5.98. The van der Waals surface area contributed by atoms with E-state index in [0.29, 0.717) is 5.56 Å². The third-order valence-electron chi connectivity index (χ3n) is 4.66. The van der Waals surface area contributed by atoms with E-state index in [2.05, 4.69) is 5.43 Å². The molecule has 1 heterocycles. The molecule has 1 saturated heterocycles. The summed E-state index contributed by atoms with van der Waals surface area (Å²) in [5.41, 5.74) is 5.01. The summed E-state index contributed by atoms with van der Waals surface area (Å²) in [5.74, 6) is -0.896. The normalized spacial score (nSPS) is 21.2. The second-order valence-electron chi connectivity index (χ2n) is 6.26. The van der Waals surface area contributed by atoms with Gasteiger partial charge in [-0.2, -0.15) is 0 Å². The zero-order chi connectivity index (χ0) is 17.9. The Bertz CT molecular complexity index is 914. The molecule has 1 fully saturated rings. The fourth-order valence-corrected chi connectivity index (χ4v) is 3.42. The number of carbonyl (C=O) groups is 2. The summed E-state index contributed by atoms with van der Waals surface area (Å²) in [4.78, 5) is 25.7. The van der Waals surface area contributed by atoms with Gasteiger partial charge < -0.3 is 0 Å². The maximum absolute atomic E-state index is 13.2. The van der Waals surface area contributed by atoms with Crippen LogP contribution in [0.3, 0.4) is 0 Å². The van der Waals surface area contributed by atoms with Crippen molar-refractivity contribution in [2.75, 3.05) is 0 Å². The Morgan fingerprint density at radius 3 is 2.31 bits per heavy atom. The average Bonchev–Trinajstić information content (AvgIpc) is 2.83. The minimum Gasteiger partial charge on any atom is -0.272 e. The van der Waals surface area contributed by atoms with Crippen molar-refractivity contribution >= 4 is 11.8 Å². The van der Waals surface area contributed by atoms with Crippen LogP contribution in [0.5, 0.6) is 0 Å². The van der Waals surface area contributed by atoms with Crippen LogP contribution in [-0.2, 0) is 4.79 Å². The number of nitrogens with one attached hydrogen (secondary N) is 1. The Hall–Kier alpha value is -3.40. The molecule has 26 heavy (non-hydrogen) atoms. The van der Waals surface area contributed by atoms with Gasteiger partial charge in [-0.15, -0.1) is 0 Å². The van der Waals surface area contributed by atoms with Gasteiger partial charge in [-0.05, 0) is 23.8 Å². The second-order valence-corrected chi connectivity index (χ2v) is 6.26. The van der Waals surface area contributed by atoms with Crippen LogP contribution in [0, 0.1) is 5.92 Å². The van der Waals surface area contributed by atoms with Crippen molar-refractivity contribution in [3.05, 3.63) is 108 Å². The van der Waals surface area contributed by atoms with Crippen molar-refractivity contribution in [3.8, 4) is 0 Å². The fraction of sp³-hybridized carbons (Fsp3) is 0.0909. The number of nitrogens with zero attached hydrogens (tertiary/aromatic N) is 1. The van der Waals surface area contributed by atoms with Crippen LogP contribution < -0.4 is 5.43 Å². The molecule has 0 bridgehead atoms. The quantitative estimate of drug-likeness (QED) is 0.927. The highest BCUT2D eigenvalue weighted by Crippen LogP contribution is 2.41. The monoisotopic (exact) mass is 342 g/mol. The number of hydrogen-bond acceptors (Lipinski definition) is 2. The first-order chi connectivity index (χ1) is 12.8. The maximum atomic E-state index is 13.2. The zero-order valence-electron chi connectivity index (χ0n) is 14.1. The van der Waals surface area contributed by atoms with E-state index in [1.54, 1.807) is 24.3 Å². The Labute approximate surface area is 152 Å². The third-order valence-corrected chi connectivity index (χ3v) is 4.66. The minimum absolute atomic E-state index is 0.115. The van der Waals surface area contributed by atoms with Gasteiger partial charge in [-0.25, -0.2) is 5.01 Å². The van der Waals surface area contributed by atoms with E-state index < -0.39 is 0 Å². The predicted molar refractivity (Wildman–Crippen MR) is 99.8 cm³/mol. The predicted octanol–water partition coefficient (Wildman–Crippen LogP) is 3.58. The zero-order valence-corrected chi connectivity index (χ0v) is 14.1. The topological polar surface area (TPSA) is 49.4 Å². The van der Waals surface area contributed by atoms with Gasteiger partial charge in [0, 0.05) is 11.5 Å². The number of fused-ring (bicyclic) bond motifs is 1. The SMILES string of the molecule is O=C(NN1C(=O)[C@@H](c2ccccc2)[C@@H]2C=CC=CC=C21)c1ccccc1. The van der Waals surface area contributed by atoms with Crippen molar-refractivity contribution in [2.24, 2.45) is 5.92 Å². The van der Waals surface area contributed by atoms with E-state index >= 15 is 0 Å². The Morgan fingerprint density at radius 1 is 0.885 bits per heavy atom. The van der Waals surface area contributed by atoms with Gasteiger partial charge in [0.05, 0.1) is 11.6 Å². The van der Waals surface area contributed by atoms with Gasteiger partial charge in [-0.1, -0.05) is 72.8 Å². The minimum atomic E-state index is -0.352. The number of rotatable bonds is 3. The van der Waals surface area contributed by atoms with Crippen LogP contribution >= 0.6 is 0 Å². The molecule has 128 valence electrons. The lowest BCUT2D eigenvalue weighted by atomic mass is 9.87. The Morgan fingerprint density at radius 2 is 1.58 bits per heavy atom. The van der Waals surface area contributed by atoms with E-state index in [1.807, 2.05) is 66.8 Å². The van der Waals surface area contributed by atoms with Gasteiger partial charge in [0.25, 0.3) is 11.8 Å². The number of hydrazine groups is 1. The number of amides is 2. The lowest BCUT2D eigenvalue weighted by molar-refractivity contribution is -0.129. The standard InChI is InChI=1S/C22H18N2O2/c25-21(17-12-6-2-7-13-17)23-24-19-15-9-3-8-14-18(19)20(22(24)26)16-10-4-1-5-11-16/h1-15,18,20H,(H,23,25)/t18-,20+/m1/s1. The second kappa shape index (κ2) is 6.84. The summed E-state index contributed by atoms with van der Waals surface area (Å²) < 4.78 is 0. The van der Waals surface area contributed by atoms with E-state index in [4.69, 9.17) is 0 Å². The average molecular weight is 342 g/mol. The molecule has 2 aromatic rings. The van der Waals surface area contributed by atoms with Gasteiger partial charge >= 0.3 is 0 Å².